The van der Waals surface area contributed by atoms with Crippen molar-refractivity contribution in [1.82, 2.24) is 10.2 Å². The molecule has 1 heterocycles. The molecule has 21 heavy (non-hydrogen) atoms. The van der Waals surface area contributed by atoms with E-state index in [-0.39, 0.29) is 24.0 Å². The fourth-order valence-corrected chi connectivity index (χ4v) is 2.64. The van der Waals surface area contributed by atoms with Crippen molar-refractivity contribution in [2.24, 2.45) is 5.92 Å². The lowest BCUT2D eigenvalue weighted by Crippen LogP contribution is -2.30. The number of nitrogens with one attached hydrogen (secondary N) is 1. The first kappa shape index (κ1) is 17.4. The summed E-state index contributed by atoms with van der Waals surface area (Å²) in [7, 11) is 1.91. The number of halogens is 1. The number of carbonyl (C=O) groups is 1. The van der Waals surface area contributed by atoms with Crippen molar-refractivity contribution in [3.05, 3.63) is 39.4 Å². The molecule has 0 aliphatic carbocycles. The van der Waals surface area contributed by atoms with Crippen LogP contribution in [0, 0.1) is 23.0 Å². The standard InChI is InChI=1S/C14H19N3O3.ClH/c1-10-7-12(17(19)20)3-4-13(10)14(18)16-6-5-11(9-16)8-15-2;/h3-4,7,11,15H,5-6,8-9H2,1-2H3;1H. The number of rotatable bonds is 4. The van der Waals surface area contributed by atoms with E-state index in [4.69, 9.17) is 0 Å². The molecule has 1 saturated heterocycles. The molecule has 1 amide bonds. The molecule has 0 aromatic heterocycles. The van der Waals surface area contributed by atoms with E-state index in [0.29, 0.717) is 17.0 Å². The van der Waals surface area contributed by atoms with E-state index in [2.05, 4.69) is 5.32 Å². The number of nitro benzene ring substituents is 1. The Bertz CT molecular complexity index is 536. The molecule has 116 valence electrons. The molecule has 2 rings (SSSR count). The number of aryl methyl sites for hydroxylation is 1. The van der Waals surface area contributed by atoms with Crippen LogP contribution < -0.4 is 5.32 Å². The van der Waals surface area contributed by atoms with Crippen molar-refractivity contribution in [2.45, 2.75) is 13.3 Å². The second-order valence-electron chi connectivity index (χ2n) is 5.22. The number of amides is 1. The summed E-state index contributed by atoms with van der Waals surface area (Å²) in [5.74, 6) is 0.457. The maximum atomic E-state index is 12.4. The summed E-state index contributed by atoms with van der Waals surface area (Å²) in [6, 6.07) is 4.40. The molecule has 0 saturated carbocycles. The summed E-state index contributed by atoms with van der Waals surface area (Å²) in [5, 5.41) is 13.8. The molecule has 1 aromatic carbocycles. The highest BCUT2D eigenvalue weighted by atomic mass is 35.5. The van der Waals surface area contributed by atoms with Crippen LogP contribution in [0.15, 0.2) is 18.2 Å². The van der Waals surface area contributed by atoms with Gasteiger partial charge in [-0.05, 0) is 44.5 Å². The Labute approximate surface area is 130 Å². The van der Waals surface area contributed by atoms with Gasteiger partial charge in [-0.2, -0.15) is 0 Å². The Hall–Kier alpha value is -1.66. The lowest BCUT2D eigenvalue weighted by molar-refractivity contribution is -0.384. The summed E-state index contributed by atoms with van der Waals surface area (Å²) in [5.41, 5.74) is 1.23. The van der Waals surface area contributed by atoms with Gasteiger partial charge in [-0.3, -0.25) is 14.9 Å². The van der Waals surface area contributed by atoms with Crippen LogP contribution in [0.5, 0.6) is 0 Å². The predicted octanol–water partition coefficient (Wildman–Crippen LogP) is 2.01. The minimum atomic E-state index is -0.444. The average molecular weight is 314 g/mol. The Morgan fingerprint density at radius 1 is 1.52 bits per heavy atom. The summed E-state index contributed by atoms with van der Waals surface area (Å²) in [6.07, 6.45) is 0.999. The van der Waals surface area contributed by atoms with Gasteiger partial charge in [-0.1, -0.05) is 0 Å². The molecule has 1 N–H and O–H groups in total. The fraction of sp³-hybridized carbons (Fsp3) is 0.500. The fourth-order valence-electron chi connectivity index (χ4n) is 2.64. The molecule has 1 unspecified atom stereocenters. The highest BCUT2D eigenvalue weighted by molar-refractivity contribution is 5.96. The van der Waals surface area contributed by atoms with Crippen molar-refractivity contribution in [1.29, 1.82) is 0 Å². The zero-order valence-electron chi connectivity index (χ0n) is 12.2. The van der Waals surface area contributed by atoms with E-state index in [9.17, 15) is 14.9 Å². The Balaban J connectivity index is 0.00000220. The molecule has 1 atom stereocenters. The number of nitrogens with zero attached hydrogens (tertiary/aromatic N) is 2. The number of benzene rings is 1. The van der Waals surface area contributed by atoms with Crippen LogP contribution in [0.25, 0.3) is 0 Å². The largest absolute Gasteiger partial charge is 0.338 e. The number of non-ortho nitro benzene ring substituents is 1. The second-order valence-corrected chi connectivity index (χ2v) is 5.22. The maximum Gasteiger partial charge on any atom is 0.269 e. The highest BCUT2D eigenvalue weighted by Crippen LogP contribution is 2.22. The molecule has 1 fully saturated rings. The molecule has 1 aromatic rings. The normalized spacial score (nSPS) is 17.4. The van der Waals surface area contributed by atoms with Crippen LogP contribution >= 0.6 is 12.4 Å². The van der Waals surface area contributed by atoms with Crippen LogP contribution in [-0.4, -0.2) is 42.4 Å². The predicted molar refractivity (Wildman–Crippen MR) is 83.0 cm³/mol. The zero-order valence-corrected chi connectivity index (χ0v) is 13.0. The lowest BCUT2D eigenvalue weighted by Gasteiger charge is -2.17. The van der Waals surface area contributed by atoms with E-state index >= 15 is 0 Å². The molecular weight excluding hydrogens is 294 g/mol. The Kier molecular flexibility index (Phi) is 6.11. The quantitative estimate of drug-likeness (QED) is 0.681. The molecule has 0 spiro atoms. The van der Waals surface area contributed by atoms with Gasteiger partial charge in [0.1, 0.15) is 0 Å². The molecule has 1 aliphatic rings. The van der Waals surface area contributed by atoms with Gasteiger partial charge in [0.2, 0.25) is 0 Å². The van der Waals surface area contributed by atoms with Crippen molar-refractivity contribution in [3.63, 3.8) is 0 Å². The minimum Gasteiger partial charge on any atom is -0.338 e. The topological polar surface area (TPSA) is 75.5 Å². The smallest absolute Gasteiger partial charge is 0.269 e. The summed E-state index contributed by atoms with van der Waals surface area (Å²) >= 11 is 0. The van der Waals surface area contributed by atoms with Gasteiger partial charge in [-0.25, -0.2) is 0 Å². The van der Waals surface area contributed by atoms with Crippen molar-refractivity contribution >= 4 is 24.0 Å². The third-order valence-electron chi connectivity index (χ3n) is 3.72. The van der Waals surface area contributed by atoms with Crippen LogP contribution in [0.3, 0.4) is 0 Å². The van der Waals surface area contributed by atoms with Gasteiger partial charge < -0.3 is 10.2 Å². The molecule has 1 aliphatic heterocycles. The number of hydrogen-bond donors (Lipinski definition) is 1. The second kappa shape index (κ2) is 7.38. The van der Waals surface area contributed by atoms with E-state index in [0.717, 1.165) is 26.1 Å². The van der Waals surface area contributed by atoms with Crippen LogP contribution in [0.1, 0.15) is 22.3 Å². The van der Waals surface area contributed by atoms with Crippen molar-refractivity contribution in [2.75, 3.05) is 26.7 Å². The third kappa shape index (κ3) is 3.92. The van der Waals surface area contributed by atoms with E-state index < -0.39 is 4.92 Å². The van der Waals surface area contributed by atoms with E-state index in [1.54, 1.807) is 13.0 Å². The van der Waals surface area contributed by atoms with Gasteiger partial charge in [-0.15, -0.1) is 12.4 Å². The Morgan fingerprint density at radius 2 is 2.24 bits per heavy atom. The van der Waals surface area contributed by atoms with Crippen LogP contribution in [0.2, 0.25) is 0 Å². The number of hydrogen-bond acceptors (Lipinski definition) is 4. The molecule has 0 radical (unpaired) electrons. The number of nitro groups is 1. The van der Waals surface area contributed by atoms with Crippen LogP contribution in [-0.2, 0) is 0 Å². The summed E-state index contributed by atoms with van der Waals surface area (Å²) in [4.78, 5) is 24.5. The SMILES string of the molecule is CNCC1CCN(C(=O)c2ccc([N+](=O)[O-])cc2C)C1.Cl. The average Bonchev–Trinajstić information content (AvgIpc) is 2.87. The molecular formula is C14H20ClN3O3. The summed E-state index contributed by atoms with van der Waals surface area (Å²) < 4.78 is 0. The highest BCUT2D eigenvalue weighted by Gasteiger charge is 2.27. The molecule has 6 nitrogen and oxygen atoms in total. The van der Waals surface area contributed by atoms with Crippen LogP contribution in [0.4, 0.5) is 5.69 Å². The van der Waals surface area contributed by atoms with Crippen molar-refractivity contribution in [3.8, 4) is 0 Å². The molecule has 7 heteroatoms. The first-order chi connectivity index (χ1) is 9.52. The van der Waals surface area contributed by atoms with Gasteiger partial charge in [0.05, 0.1) is 4.92 Å². The minimum absolute atomic E-state index is 0. The Morgan fingerprint density at radius 3 is 2.81 bits per heavy atom. The van der Waals surface area contributed by atoms with Crippen molar-refractivity contribution < 1.29 is 9.72 Å². The maximum absolute atomic E-state index is 12.4. The van der Waals surface area contributed by atoms with Gasteiger partial charge in [0, 0.05) is 30.8 Å². The number of carbonyl (C=O) groups excluding carboxylic acids is 1. The first-order valence-corrected chi connectivity index (χ1v) is 6.72. The van der Waals surface area contributed by atoms with E-state index in [1.165, 1.54) is 12.1 Å². The van der Waals surface area contributed by atoms with Gasteiger partial charge in [0.25, 0.3) is 11.6 Å². The number of likely N-dealkylation sites (tertiary alicyclic amines) is 1. The monoisotopic (exact) mass is 313 g/mol. The zero-order chi connectivity index (χ0) is 14.7. The summed E-state index contributed by atoms with van der Waals surface area (Å²) in [6.45, 7) is 4.14. The van der Waals surface area contributed by atoms with Gasteiger partial charge in [0.15, 0.2) is 0 Å². The first-order valence-electron chi connectivity index (χ1n) is 6.72. The molecule has 0 bridgehead atoms. The van der Waals surface area contributed by atoms with Gasteiger partial charge >= 0.3 is 0 Å². The third-order valence-corrected chi connectivity index (χ3v) is 3.72. The lowest BCUT2D eigenvalue weighted by atomic mass is 10.1. The van der Waals surface area contributed by atoms with E-state index in [1.807, 2.05) is 11.9 Å².